The third-order valence-electron chi connectivity index (χ3n) is 3.36. The summed E-state index contributed by atoms with van der Waals surface area (Å²) in [6.45, 7) is 0.508. The van der Waals surface area contributed by atoms with Crippen LogP contribution in [0, 0.1) is 5.92 Å². The van der Waals surface area contributed by atoms with E-state index in [1.165, 1.54) is 25.0 Å². The van der Waals surface area contributed by atoms with Crippen molar-refractivity contribution in [2.24, 2.45) is 11.1 Å². The Bertz CT molecular complexity index is 561. The molecule has 0 bridgehead atoms. The molecule has 0 unspecified atom stereocenters. The van der Waals surface area contributed by atoms with Gasteiger partial charge in [0.2, 0.25) is 10.0 Å². The molecule has 1 saturated carbocycles. The lowest BCUT2D eigenvalue weighted by Crippen LogP contribution is -2.12. The Kier molecular flexibility index (Phi) is 4.77. The molecule has 1 aromatic carbocycles. The number of hydrogen-bond donors (Lipinski definition) is 1. The molecule has 1 aliphatic rings. The minimum Gasteiger partial charge on any atom is -0.466 e. The van der Waals surface area contributed by atoms with Crippen molar-refractivity contribution in [3.8, 4) is 0 Å². The molecule has 0 spiro atoms. The number of rotatable bonds is 7. The number of benzene rings is 1. The van der Waals surface area contributed by atoms with Crippen LogP contribution in [-0.4, -0.2) is 21.0 Å². The van der Waals surface area contributed by atoms with Gasteiger partial charge in [0.05, 0.1) is 11.5 Å². The Morgan fingerprint density at radius 3 is 2.45 bits per heavy atom. The molecule has 0 saturated heterocycles. The fourth-order valence-corrected chi connectivity index (χ4v) is 2.43. The van der Waals surface area contributed by atoms with E-state index in [0.29, 0.717) is 19.4 Å². The summed E-state index contributed by atoms with van der Waals surface area (Å²) in [7, 11) is -3.66. The van der Waals surface area contributed by atoms with E-state index in [2.05, 4.69) is 0 Å². The van der Waals surface area contributed by atoms with Gasteiger partial charge in [-0.3, -0.25) is 4.79 Å². The molecule has 2 N–H and O–H groups in total. The number of sulfonamides is 1. The summed E-state index contributed by atoms with van der Waals surface area (Å²) in [6.07, 6.45) is 4.32. The second-order valence-corrected chi connectivity index (χ2v) is 6.70. The lowest BCUT2D eigenvalue weighted by atomic mass is 10.1. The fourth-order valence-electron chi connectivity index (χ4n) is 1.91. The monoisotopic (exact) mass is 297 g/mol. The summed E-state index contributed by atoms with van der Waals surface area (Å²) in [5, 5.41) is 5.01. The number of carbonyl (C=O) groups is 1. The molecule has 0 atom stereocenters. The molecule has 0 aromatic heterocycles. The number of hydrogen-bond acceptors (Lipinski definition) is 4. The molecule has 0 aliphatic heterocycles. The van der Waals surface area contributed by atoms with Crippen LogP contribution in [0.25, 0.3) is 0 Å². The van der Waals surface area contributed by atoms with Crippen LogP contribution in [0.15, 0.2) is 29.2 Å². The van der Waals surface area contributed by atoms with Crippen molar-refractivity contribution >= 4 is 16.0 Å². The molecule has 110 valence electrons. The molecule has 5 nitrogen and oxygen atoms in total. The minimum absolute atomic E-state index is 0.0771. The van der Waals surface area contributed by atoms with Crippen LogP contribution < -0.4 is 5.14 Å². The highest BCUT2D eigenvalue weighted by Crippen LogP contribution is 2.32. The maximum atomic E-state index is 11.5. The summed E-state index contributed by atoms with van der Waals surface area (Å²) < 4.78 is 27.3. The van der Waals surface area contributed by atoms with E-state index in [1.54, 1.807) is 12.1 Å². The van der Waals surface area contributed by atoms with E-state index in [9.17, 15) is 13.2 Å². The molecule has 1 aromatic rings. The zero-order chi connectivity index (χ0) is 14.6. The van der Waals surface area contributed by atoms with Crippen molar-refractivity contribution in [3.05, 3.63) is 29.8 Å². The van der Waals surface area contributed by atoms with Gasteiger partial charge >= 0.3 is 5.97 Å². The standard InChI is InChI=1S/C14H19NO4S/c15-20(17,18)13-6-3-11(4-7-13)5-8-14(16)19-10-9-12-1-2-12/h3-4,6-7,12H,1-2,5,8-10H2,(H2,15,17,18). The van der Waals surface area contributed by atoms with Crippen molar-refractivity contribution in [2.45, 2.75) is 37.0 Å². The Balaban J connectivity index is 1.73. The van der Waals surface area contributed by atoms with Crippen molar-refractivity contribution in [3.63, 3.8) is 0 Å². The van der Waals surface area contributed by atoms with Gasteiger partial charge < -0.3 is 4.74 Å². The number of esters is 1. The SMILES string of the molecule is NS(=O)(=O)c1ccc(CCC(=O)OCCC2CC2)cc1. The van der Waals surface area contributed by atoms with E-state index in [4.69, 9.17) is 9.88 Å². The molecule has 0 amide bonds. The van der Waals surface area contributed by atoms with Crippen LogP contribution in [0.3, 0.4) is 0 Å². The molecule has 20 heavy (non-hydrogen) atoms. The van der Waals surface area contributed by atoms with Crippen LogP contribution in [-0.2, 0) is 26.0 Å². The zero-order valence-corrected chi connectivity index (χ0v) is 12.1. The third-order valence-corrected chi connectivity index (χ3v) is 4.28. The largest absolute Gasteiger partial charge is 0.466 e. The van der Waals surface area contributed by atoms with Gasteiger partial charge in [0.15, 0.2) is 0 Å². The molecular formula is C14H19NO4S. The molecular weight excluding hydrogens is 278 g/mol. The molecule has 2 rings (SSSR count). The van der Waals surface area contributed by atoms with E-state index >= 15 is 0 Å². The smallest absolute Gasteiger partial charge is 0.306 e. The number of primary sulfonamides is 1. The van der Waals surface area contributed by atoms with Gasteiger partial charge in [-0.05, 0) is 36.5 Å². The maximum absolute atomic E-state index is 11.5. The summed E-state index contributed by atoms with van der Waals surface area (Å²) in [5.41, 5.74) is 0.886. The highest BCUT2D eigenvalue weighted by Gasteiger charge is 2.21. The number of nitrogens with two attached hydrogens (primary N) is 1. The summed E-state index contributed by atoms with van der Waals surface area (Å²) in [4.78, 5) is 11.6. The highest BCUT2D eigenvalue weighted by molar-refractivity contribution is 7.89. The zero-order valence-electron chi connectivity index (χ0n) is 11.2. The average Bonchev–Trinajstić information content (AvgIpc) is 3.20. The quantitative estimate of drug-likeness (QED) is 0.775. The van der Waals surface area contributed by atoms with Crippen LogP contribution in [0.4, 0.5) is 0 Å². The molecule has 1 fully saturated rings. The Labute approximate surface area is 119 Å². The first-order chi connectivity index (χ1) is 9.45. The average molecular weight is 297 g/mol. The van der Waals surface area contributed by atoms with Crippen molar-refractivity contribution in [1.82, 2.24) is 0 Å². The lowest BCUT2D eigenvalue weighted by Gasteiger charge is -2.05. The van der Waals surface area contributed by atoms with Gasteiger partial charge in [0, 0.05) is 6.42 Å². The summed E-state index contributed by atoms with van der Waals surface area (Å²) >= 11 is 0. The van der Waals surface area contributed by atoms with Crippen LogP contribution in [0.5, 0.6) is 0 Å². The van der Waals surface area contributed by atoms with E-state index in [0.717, 1.165) is 17.9 Å². The molecule has 0 radical (unpaired) electrons. The topological polar surface area (TPSA) is 86.5 Å². The number of carbonyl (C=O) groups excluding carboxylic acids is 1. The predicted molar refractivity (Wildman–Crippen MR) is 74.4 cm³/mol. The molecule has 0 heterocycles. The molecule has 1 aliphatic carbocycles. The van der Waals surface area contributed by atoms with Crippen LogP contribution in [0.2, 0.25) is 0 Å². The van der Waals surface area contributed by atoms with Crippen LogP contribution in [0.1, 0.15) is 31.2 Å². The highest BCUT2D eigenvalue weighted by atomic mass is 32.2. The van der Waals surface area contributed by atoms with Gasteiger partial charge in [-0.25, -0.2) is 13.6 Å². The number of aryl methyl sites for hydroxylation is 1. The Morgan fingerprint density at radius 2 is 1.90 bits per heavy atom. The first kappa shape index (κ1) is 15.0. The van der Waals surface area contributed by atoms with Crippen LogP contribution >= 0.6 is 0 Å². The third kappa shape index (κ3) is 4.94. The normalized spacial score (nSPS) is 15.1. The Hall–Kier alpha value is -1.40. The Morgan fingerprint density at radius 1 is 1.25 bits per heavy atom. The number of ether oxygens (including phenoxy) is 1. The van der Waals surface area contributed by atoms with Gasteiger partial charge in [0.25, 0.3) is 0 Å². The second kappa shape index (κ2) is 6.37. The summed E-state index contributed by atoms with van der Waals surface area (Å²) in [5.74, 6) is 0.551. The van der Waals surface area contributed by atoms with E-state index in [1.807, 2.05) is 0 Å². The van der Waals surface area contributed by atoms with Gasteiger partial charge in [0.1, 0.15) is 0 Å². The van der Waals surface area contributed by atoms with Gasteiger partial charge in [-0.2, -0.15) is 0 Å². The van der Waals surface area contributed by atoms with Crippen molar-refractivity contribution < 1.29 is 17.9 Å². The van der Waals surface area contributed by atoms with Crippen molar-refractivity contribution in [1.29, 1.82) is 0 Å². The van der Waals surface area contributed by atoms with Gasteiger partial charge in [-0.15, -0.1) is 0 Å². The lowest BCUT2D eigenvalue weighted by molar-refractivity contribution is -0.143. The van der Waals surface area contributed by atoms with E-state index in [-0.39, 0.29) is 10.9 Å². The minimum atomic E-state index is -3.66. The molecule has 6 heteroatoms. The first-order valence-corrected chi connectivity index (χ1v) is 8.27. The van der Waals surface area contributed by atoms with Gasteiger partial charge in [-0.1, -0.05) is 25.0 Å². The second-order valence-electron chi connectivity index (χ2n) is 5.14. The van der Waals surface area contributed by atoms with Crippen molar-refractivity contribution in [2.75, 3.05) is 6.61 Å². The summed E-state index contributed by atoms with van der Waals surface area (Å²) in [6, 6.07) is 6.22. The predicted octanol–water partition coefficient (Wildman–Crippen LogP) is 1.61. The fraction of sp³-hybridized carbons (Fsp3) is 0.500. The van der Waals surface area contributed by atoms with E-state index < -0.39 is 10.0 Å². The maximum Gasteiger partial charge on any atom is 0.306 e. The first-order valence-electron chi connectivity index (χ1n) is 6.72.